The number of nitrogens with zero attached hydrogens (tertiary/aromatic N) is 3. The van der Waals surface area contributed by atoms with Gasteiger partial charge >= 0.3 is 5.97 Å². The second-order valence-corrected chi connectivity index (χ2v) is 11.3. The summed E-state index contributed by atoms with van der Waals surface area (Å²) in [5, 5.41) is 4.46. The number of esters is 1. The van der Waals surface area contributed by atoms with Crippen molar-refractivity contribution in [1.29, 1.82) is 0 Å². The maximum absolute atomic E-state index is 13.4. The Bertz CT molecular complexity index is 1420. The fourth-order valence-electron chi connectivity index (χ4n) is 4.75. The van der Waals surface area contributed by atoms with Crippen molar-refractivity contribution in [3.63, 3.8) is 0 Å². The first kappa shape index (κ1) is 22.9. The van der Waals surface area contributed by atoms with Gasteiger partial charge in [0, 0.05) is 17.6 Å². The van der Waals surface area contributed by atoms with Gasteiger partial charge in [-0.25, -0.2) is 17.5 Å². The van der Waals surface area contributed by atoms with Gasteiger partial charge in [-0.15, -0.1) is 0 Å². The van der Waals surface area contributed by atoms with E-state index in [1.165, 1.54) is 23.5 Å². The molecule has 1 saturated heterocycles. The number of sulfonamides is 1. The van der Waals surface area contributed by atoms with Gasteiger partial charge in [-0.2, -0.15) is 9.40 Å². The molecular formula is C24H21BrFN3O4S. The first-order valence-corrected chi connectivity index (χ1v) is 12.9. The summed E-state index contributed by atoms with van der Waals surface area (Å²) < 4.78 is 49.1. The Hall–Kier alpha value is -2.82. The monoisotopic (exact) mass is 545 g/mol. The minimum atomic E-state index is -3.82. The molecule has 7 nitrogen and oxygen atoms in total. The first-order chi connectivity index (χ1) is 16.2. The molecule has 1 aromatic heterocycles. The van der Waals surface area contributed by atoms with E-state index in [0.717, 1.165) is 16.8 Å². The van der Waals surface area contributed by atoms with Crippen LogP contribution in [0.5, 0.6) is 0 Å². The molecule has 5 rings (SSSR count). The van der Waals surface area contributed by atoms with E-state index in [4.69, 9.17) is 4.74 Å². The molecule has 176 valence electrons. The molecule has 1 unspecified atom stereocenters. The number of halogens is 2. The predicted molar refractivity (Wildman–Crippen MR) is 127 cm³/mol. The highest BCUT2D eigenvalue weighted by molar-refractivity contribution is 9.10. The zero-order chi connectivity index (χ0) is 24.1. The summed E-state index contributed by atoms with van der Waals surface area (Å²) in [7, 11) is -2.51. The predicted octanol–water partition coefficient (Wildman–Crippen LogP) is 3.97. The zero-order valence-corrected chi connectivity index (χ0v) is 20.6. The lowest BCUT2D eigenvalue weighted by molar-refractivity contribution is -0.151. The quantitative estimate of drug-likeness (QED) is 0.463. The summed E-state index contributed by atoms with van der Waals surface area (Å²) in [5.41, 5.74) is 1.94. The van der Waals surface area contributed by atoms with E-state index in [0.29, 0.717) is 16.6 Å². The van der Waals surface area contributed by atoms with E-state index < -0.39 is 21.4 Å². The Labute approximate surface area is 205 Å². The number of benzene rings is 2. The second-order valence-electron chi connectivity index (χ2n) is 8.41. The molecule has 0 spiro atoms. The maximum atomic E-state index is 13.4. The molecule has 3 aromatic rings. The van der Waals surface area contributed by atoms with Crippen LogP contribution in [-0.4, -0.2) is 48.7 Å². The average molecular weight is 546 g/mol. The number of hydrogen-bond donors (Lipinski definition) is 0. The number of fused-ring (bicyclic) bond motifs is 2. The van der Waals surface area contributed by atoms with Crippen LogP contribution < -0.4 is 0 Å². The van der Waals surface area contributed by atoms with E-state index in [-0.39, 0.29) is 30.2 Å². The Morgan fingerprint density at radius 1 is 1.21 bits per heavy atom. The van der Waals surface area contributed by atoms with Crippen molar-refractivity contribution in [1.82, 2.24) is 14.1 Å². The van der Waals surface area contributed by atoms with Crippen LogP contribution in [0.2, 0.25) is 0 Å². The summed E-state index contributed by atoms with van der Waals surface area (Å²) in [5.74, 6) is -0.820. The average Bonchev–Trinajstić information content (AvgIpc) is 3.24. The molecule has 0 saturated carbocycles. The minimum absolute atomic E-state index is 0.0263. The summed E-state index contributed by atoms with van der Waals surface area (Å²) in [6.07, 6.45) is 4.19. The minimum Gasteiger partial charge on any atom is -0.468 e. The number of hydrogen-bond acceptors (Lipinski definition) is 5. The van der Waals surface area contributed by atoms with E-state index in [2.05, 4.69) is 21.0 Å². The highest BCUT2D eigenvalue weighted by Crippen LogP contribution is 2.46. The lowest BCUT2D eigenvalue weighted by Gasteiger charge is -2.43. The number of methoxy groups -OCH3 is 1. The third kappa shape index (κ3) is 3.70. The molecule has 2 aliphatic rings. The largest absolute Gasteiger partial charge is 0.468 e. The van der Waals surface area contributed by atoms with Crippen LogP contribution in [-0.2, 0) is 26.0 Å². The molecule has 0 radical (unpaired) electrons. The molecule has 1 aliphatic heterocycles. The topological polar surface area (TPSA) is 81.5 Å². The second kappa shape index (κ2) is 8.44. The lowest BCUT2D eigenvalue weighted by Crippen LogP contribution is -2.53. The number of ether oxygens (including phenoxy) is 1. The molecule has 10 heteroatoms. The van der Waals surface area contributed by atoms with E-state index in [9.17, 15) is 17.6 Å². The van der Waals surface area contributed by atoms with Crippen molar-refractivity contribution < 1.29 is 22.3 Å². The standard InChI is InChI=1S/C24H21BrFN3O4S/c1-33-23(30)24-13-16-14-27-29(20-7-5-19(26)6-8-20)22(16)11-17(24)9-10-28(15-24)34(31,32)21-4-2-3-18(25)12-21/h2-8,11-12,14H,9-10,13,15H2,1H3. The molecule has 0 N–H and O–H groups in total. The smallest absolute Gasteiger partial charge is 0.317 e. The van der Waals surface area contributed by atoms with Crippen LogP contribution in [0.3, 0.4) is 0 Å². The summed E-state index contributed by atoms with van der Waals surface area (Å²) in [6.45, 7) is 0.209. The third-order valence-corrected chi connectivity index (χ3v) is 8.80. The van der Waals surface area contributed by atoms with Gasteiger partial charge in [0.05, 0.1) is 29.6 Å². The van der Waals surface area contributed by atoms with Crippen LogP contribution in [0.4, 0.5) is 4.39 Å². The number of piperidine rings is 1. The molecule has 1 atom stereocenters. The Balaban J connectivity index is 1.55. The van der Waals surface area contributed by atoms with E-state index >= 15 is 0 Å². The Morgan fingerprint density at radius 2 is 1.97 bits per heavy atom. The molecule has 1 aliphatic carbocycles. The molecule has 2 heterocycles. The SMILES string of the molecule is COC(=O)C12Cc3cnn(-c4ccc(F)cc4)c3C=C1CCN(S(=O)(=O)c1cccc(Br)c1)C2. The molecule has 34 heavy (non-hydrogen) atoms. The lowest BCUT2D eigenvalue weighted by atomic mass is 9.69. The van der Waals surface area contributed by atoms with Crippen LogP contribution in [0.25, 0.3) is 11.8 Å². The van der Waals surface area contributed by atoms with Crippen LogP contribution >= 0.6 is 15.9 Å². The van der Waals surface area contributed by atoms with E-state index in [1.54, 1.807) is 47.3 Å². The van der Waals surface area contributed by atoms with Gasteiger partial charge in [-0.1, -0.05) is 22.0 Å². The molecule has 0 amide bonds. The summed E-state index contributed by atoms with van der Waals surface area (Å²) in [4.78, 5) is 13.3. The van der Waals surface area contributed by atoms with Gasteiger partial charge in [-0.05, 0) is 72.5 Å². The Kier molecular flexibility index (Phi) is 5.70. The van der Waals surface area contributed by atoms with Gasteiger partial charge < -0.3 is 4.74 Å². The van der Waals surface area contributed by atoms with Crippen LogP contribution in [0.15, 0.2) is 69.7 Å². The first-order valence-electron chi connectivity index (χ1n) is 10.6. The van der Waals surface area contributed by atoms with Crippen molar-refractivity contribution in [2.75, 3.05) is 20.2 Å². The number of carbonyl (C=O) groups excluding carboxylic acids is 1. The number of aromatic nitrogens is 2. The van der Waals surface area contributed by atoms with E-state index in [1.807, 2.05) is 6.08 Å². The third-order valence-electron chi connectivity index (χ3n) is 6.46. The van der Waals surface area contributed by atoms with Gasteiger partial charge in [0.2, 0.25) is 10.0 Å². The molecule has 0 bridgehead atoms. The van der Waals surface area contributed by atoms with Crippen LogP contribution in [0, 0.1) is 11.2 Å². The van der Waals surface area contributed by atoms with Gasteiger partial charge in [0.15, 0.2) is 0 Å². The number of carbonyl (C=O) groups is 1. The zero-order valence-electron chi connectivity index (χ0n) is 18.2. The van der Waals surface area contributed by atoms with Crippen molar-refractivity contribution in [3.8, 4) is 5.69 Å². The fraction of sp³-hybridized carbons (Fsp3) is 0.250. The van der Waals surface area contributed by atoms with Crippen LogP contribution in [0.1, 0.15) is 17.7 Å². The maximum Gasteiger partial charge on any atom is 0.317 e. The highest BCUT2D eigenvalue weighted by Gasteiger charge is 2.51. The van der Waals surface area contributed by atoms with Gasteiger partial charge in [-0.3, -0.25) is 4.79 Å². The normalized spacial score (nSPS) is 20.3. The van der Waals surface area contributed by atoms with Crippen molar-refractivity contribution >= 4 is 38.0 Å². The highest BCUT2D eigenvalue weighted by atomic mass is 79.9. The molecular weight excluding hydrogens is 525 g/mol. The number of rotatable bonds is 4. The fourth-order valence-corrected chi connectivity index (χ4v) is 6.85. The van der Waals surface area contributed by atoms with Crippen molar-refractivity contribution in [3.05, 3.63) is 81.8 Å². The van der Waals surface area contributed by atoms with Crippen molar-refractivity contribution in [2.45, 2.75) is 17.7 Å². The molecule has 2 aromatic carbocycles. The summed E-state index contributed by atoms with van der Waals surface area (Å²) >= 11 is 3.33. The molecule has 1 fully saturated rings. The Morgan fingerprint density at radius 3 is 2.68 bits per heavy atom. The van der Waals surface area contributed by atoms with Gasteiger partial charge in [0.1, 0.15) is 11.2 Å². The van der Waals surface area contributed by atoms with Crippen molar-refractivity contribution in [2.24, 2.45) is 5.41 Å². The summed E-state index contributed by atoms with van der Waals surface area (Å²) in [6, 6.07) is 12.5. The van der Waals surface area contributed by atoms with Gasteiger partial charge in [0.25, 0.3) is 0 Å².